The first kappa shape index (κ1) is 74.6. The van der Waals surface area contributed by atoms with Crippen molar-refractivity contribution < 1.29 is 13.3 Å². The van der Waals surface area contributed by atoms with Crippen molar-refractivity contribution in [3.8, 4) is 65.3 Å². The van der Waals surface area contributed by atoms with E-state index >= 15 is 0 Å². The maximum Gasteiger partial charge on any atom is 0.139 e. The molecular weight excluding hydrogens is 1550 g/mol. The van der Waals surface area contributed by atoms with Crippen LogP contribution in [0, 0.1) is 55.4 Å². The maximum atomic E-state index is 5.98. The third-order valence-electron chi connectivity index (χ3n) is 25.3. The van der Waals surface area contributed by atoms with Crippen molar-refractivity contribution in [2.24, 2.45) is 7.05 Å². The van der Waals surface area contributed by atoms with Gasteiger partial charge in [-0.2, -0.15) is 0 Å². The smallest absolute Gasteiger partial charge is 0.139 e. The topological polar surface area (TPSA) is 44.4 Å². The Morgan fingerprint density at radius 3 is 0.860 bits per heavy atom. The minimum absolute atomic E-state index is 1.00. The van der Waals surface area contributed by atoms with Gasteiger partial charge in [-0.1, -0.05) is 276 Å². The maximum absolute atomic E-state index is 5.98. The van der Waals surface area contributed by atoms with E-state index in [2.05, 4.69) is 322 Å². The van der Waals surface area contributed by atoms with Crippen molar-refractivity contribution in [1.29, 1.82) is 0 Å². The fraction of sp³-hybridized carbons (Fsp3) is 0.133. The van der Waals surface area contributed by atoms with E-state index in [1.807, 2.05) is 81.7 Å². The Hall–Kier alpha value is -12.7. The number of furan rings is 3. The lowest BCUT2D eigenvalue weighted by Crippen LogP contribution is -1.87. The van der Waals surface area contributed by atoms with E-state index in [0.717, 1.165) is 72.6 Å². The number of aryl methyl sites for hydroxylation is 9. The molecule has 0 amide bonds. The summed E-state index contributed by atoms with van der Waals surface area (Å²) in [7, 11) is 2.18. The number of para-hydroxylation sites is 3. The highest BCUT2D eigenvalue weighted by atomic mass is 32.1. The van der Waals surface area contributed by atoms with Crippen LogP contribution in [0.5, 0.6) is 0 Å². The number of rotatable bonds is 0. The Kier molecular flexibility index (Phi) is 18.5. The van der Waals surface area contributed by atoms with Crippen LogP contribution in [-0.4, -0.2) is 4.57 Å². The summed E-state index contributed by atoms with van der Waals surface area (Å²) in [6.45, 7) is 17.2. The summed E-state index contributed by atoms with van der Waals surface area (Å²) in [4.78, 5) is 4.46. The van der Waals surface area contributed by atoms with Crippen molar-refractivity contribution in [1.82, 2.24) is 4.57 Å². The van der Waals surface area contributed by atoms with Crippen LogP contribution < -0.4 is 0 Å². The molecule has 0 spiro atoms. The number of hydrogen-bond acceptors (Lipinski definition) is 7. The van der Waals surface area contributed by atoms with Gasteiger partial charge in [0.2, 0.25) is 0 Å². The van der Waals surface area contributed by atoms with E-state index in [9.17, 15) is 0 Å². The molecule has 6 aliphatic carbocycles. The van der Waals surface area contributed by atoms with Crippen LogP contribution >= 0.6 is 45.3 Å². The molecule has 0 fully saturated rings. The highest BCUT2D eigenvalue weighted by molar-refractivity contribution is 7.27. The molecule has 8 heteroatoms. The average molecular weight is 1640 g/mol. The SMILES string of the molecule is Cc1ccc2c(c1)Cc1c-2oc2ccccc12.Cc1ccc2c(c1)Cc1c-2oc2ccccc12.Cc1ccc2c(c1)Cc1c-2oc2ccccc12.Cc1ccc2c(c1)Cc1c-2sc2ccccc12.Cc1ccc2c(c1)Cc1c-2sc2ccccc12.Cc1ccc2c(c1)Cc1c-2sc2ccccc12.Cc1ccc2c(c1)sc1c3ccc(C)cc3n(C)c21. The van der Waals surface area contributed by atoms with E-state index in [1.165, 1.54) is 237 Å². The molecule has 0 unspecified atom stereocenters. The molecule has 0 saturated heterocycles. The van der Waals surface area contributed by atoms with Gasteiger partial charge in [0.1, 0.15) is 34.0 Å². The zero-order valence-electron chi connectivity index (χ0n) is 69.3. The van der Waals surface area contributed by atoms with E-state index in [4.69, 9.17) is 13.3 Å². The molecule has 0 aliphatic heterocycles. The normalized spacial score (nSPS) is 12.6. The van der Waals surface area contributed by atoms with Gasteiger partial charge in [0, 0.05) is 145 Å². The second-order valence-corrected chi connectivity index (χ2v) is 38.0. The molecule has 28 rings (SSSR count). The second kappa shape index (κ2) is 29.9. The Morgan fingerprint density at radius 2 is 0.504 bits per heavy atom. The zero-order chi connectivity index (χ0) is 81.6. The number of hydrogen-bond donors (Lipinski definition) is 0. The molecule has 4 nitrogen and oxygen atoms in total. The van der Waals surface area contributed by atoms with Gasteiger partial charge in [-0.15, -0.1) is 45.3 Å². The molecule has 121 heavy (non-hydrogen) atoms. The Balaban J connectivity index is 0.0000000846. The highest BCUT2D eigenvalue weighted by Crippen LogP contribution is 2.52. The number of thiophene rings is 4. The number of fused-ring (bicyclic) bond motifs is 35. The summed E-state index contributed by atoms with van der Waals surface area (Å²) in [5, 5.41) is 10.9. The van der Waals surface area contributed by atoms with Crippen LogP contribution in [0.3, 0.4) is 0 Å². The lowest BCUT2D eigenvalue weighted by atomic mass is 10.1. The van der Waals surface area contributed by atoms with Gasteiger partial charge in [0.25, 0.3) is 0 Å². The molecule has 14 aromatic carbocycles. The van der Waals surface area contributed by atoms with Gasteiger partial charge >= 0.3 is 0 Å². The Morgan fingerprint density at radius 1 is 0.231 bits per heavy atom. The van der Waals surface area contributed by atoms with Crippen molar-refractivity contribution in [3.63, 3.8) is 0 Å². The number of aromatic nitrogens is 1. The molecule has 0 bridgehead atoms. The fourth-order valence-corrected chi connectivity index (χ4v) is 24.8. The quantitative estimate of drug-likeness (QED) is 0.152. The molecule has 0 saturated carbocycles. The zero-order valence-corrected chi connectivity index (χ0v) is 72.5. The first-order valence-corrected chi connectivity index (χ1v) is 45.4. The predicted octanol–water partition coefficient (Wildman–Crippen LogP) is 32.4. The van der Waals surface area contributed by atoms with Crippen LogP contribution in [-0.2, 0) is 45.6 Å². The van der Waals surface area contributed by atoms with E-state index in [-0.39, 0.29) is 0 Å². The van der Waals surface area contributed by atoms with Crippen LogP contribution in [0.4, 0.5) is 0 Å². The van der Waals surface area contributed by atoms with Gasteiger partial charge < -0.3 is 17.8 Å². The first-order valence-electron chi connectivity index (χ1n) is 42.1. The molecule has 586 valence electrons. The highest BCUT2D eigenvalue weighted by Gasteiger charge is 2.31. The first-order chi connectivity index (χ1) is 59.1. The summed E-state index contributed by atoms with van der Waals surface area (Å²) < 4.78 is 27.3. The third kappa shape index (κ3) is 13.1. The molecule has 8 aromatic heterocycles. The Bertz CT molecular complexity index is 6970. The minimum Gasteiger partial charge on any atom is -0.456 e. The molecule has 8 heterocycles. The summed E-state index contributed by atoms with van der Waals surface area (Å²) >= 11 is 7.72. The second-order valence-electron chi connectivity index (χ2n) is 33.8. The van der Waals surface area contributed by atoms with Gasteiger partial charge in [-0.05, 0) is 198 Å². The van der Waals surface area contributed by atoms with Crippen molar-refractivity contribution in [3.05, 3.63) is 402 Å². The van der Waals surface area contributed by atoms with Crippen LogP contribution in [0.15, 0.2) is 304 Å². The lowest BCUT2D eigenvalue weighted by Gasteiger charge is -2.00. The molecule has 22 aromatic rings. The summed E-state index contributed by atoms with van der Waals surface area (Å²) in [5.74, 6) is 3.21. The van der Waals surface area contributed by atoms with Crippen molar-refractivity contribution in [2.75, 3.05) is 0 Å². The standard InChI is InChI=1S/C17H15NS.3C16H12O.3C16H12S/c1-10-4-6-12-14(8-10)18(3)16-13-7-5-11(2)9-15(13)19-17(12)16;6*1-10-6-7-12-11(8-10)9-14-13-4-2-3-5-15(13)17-16(12)14/h4-9H,1-3H3;6*2-8H,9H2,1H3. The van der Waals surface area contributed by atoms with Crippen molar-refractivity contribution >= 4 is 140 Å². The van der Waals surface area contributed by atoms with Gasteiger partial charge in [0.05, 0.1) is 10.2 Å². The summed E-state index contributed by atoms with van der Waals surface area (Å²) in [5.41, 5.74) is 41.9. The van der Waals surface area contributed by atoms with E-state index < -0.39 is 0 Å². The molecule has 0 atom stereocenters. The monoisotopic (exact) mass is 1630 g/mol. The van der Waals surface area contributed by atoms with Gasteiger partial charge in [-0.3, -0.25) is 0 Å². The van der Waals surface area contributed by atoms with E-state index in [0.29, 0.717) is 0 Å². The summed E-state index contributed by atoms with van der Waals surface area (Å²) in [6, 6.07) is 105. The van der Waals surface area contributed by atoms with Crippen LogP contribution in [0.1, 0.15) is 111 Å². The van der Waals surface area contributed by atoms with Gasteiger partial charge in [0.15, 0.2) is 0 Å². The number of nitrogens with zero attached hydrogens (tertiary/aromatic N) is 1. The average Bonchev–Trinajstić information content (AvgIpc) is 1.58. The lowest BCUT2D eigenvalue weighted by molar-refractivity contribution is 0.631. The third-order valence-corrected chi connectivity index (χ3v) is 30.3. The largest absolute Gasteiger partial charge is 0.456 e. The fourth-order valence-electron chi connectivity index (χ4n) is 19.6. The molecule has 0 N–H and O–H groups in total. The molecule has 6 aliphatic rings. The van der Waals surface area contributed by atoms with Crippen molar-refractivity contribution in [2.45, 2.75) is 93.9 Å². The molecular formula is C113H87NO3S4. The van der Waals surface area contributed by atoms with E-state index in [1.54, 1.807) is 0 Å². The van der Waals surface area contributed by atoms with Gasteiger partial charge in [-0.25, -0.2) is 0 Å². The predicted molar refractivity (Wildman–Crippen MR) is 517 cm³/mol. The Labute approximate surface area is 720 Å². The molecule has 0 radical (unpaired) electrons. The van der Waals surface area contributed by atoms with Crippen LogP contribution in [0.2, 0.25) is 0 Å². The minimum atomic E-state index is 1.00. The number of benzene rings is 14. The summed E-state index contributed by atoms with van der Waals surface area (Å²) in [6.07, 6.45) is 6.33. The van der Waals surface area contributed by atoms with Crippen LogP contribution in [0.25, 0.3) is 160 Å².